The second kappa shape index (κ2) is 5.72. The van der Waals surface area contributed by atoms with Crippen LogP contribution in [0.3, 0.4) is 0 Å². The van der Waals surface area contributed by atoms with E-state index in [1.54, 1.807) is 0 Å². The molecule has 1 N–H and O–H groups in total. The van der Waals surface area contributed by atoms with Crippen molar-refractivity contribution in [2.75, 3.05) is 34.9 Å². The Morgan fingerprint density at radius 3 is 2.48 bits per heavy atom. The lowest BCUT2D eigenvalue weighted by Crippen LogP contribution is -2.63. The first kappa shape index (κ1) is 18.8. The second-order valence-electron chi connectivity index (χ2n) is 7.84. The summed E-state index contributed by atoms with van der Waals surface area (Å²) in [5.74, 6) is 0.236. The molecule has 4 rings (SSSR count). The van der Waals surface area contributed by atoms with Gasteiger partial charge in [-0.05, 0) is 26.4 Å². The van der Waals surface area contributed by atoms with Crippen molar-refractivity contribution in [3.63, 3.8) is 0 Å². The summed E-state index contributed by atoms with van der Waals surface area (Å²) in [5, 5.41) is 10.5. The Bertz CT molecular complexity index is 793. The molecule has 0 aromatic carbocycles. The Labute approximate surface area is 162 Å². The van der Waals surface area contributed by atoms with Crippen molar-refractivity contribution in [3.05, 3.63) is 23.4 Å². The van der Waals surface area contributed by atoms with Gasteiger partial charge in [0.1, 0.15) is 11.9 Å². The molecule has 0 amide bonds. The van der Waals surface area contributed by atoms with Crippen molar-refractivity contribution in [3.8, 4) is 0 Å². The van der Waals surface area contributed by atoms with Crippen LogP contribution in [0.2, 0.25) is 0 Å². The minimum absolute atomic E-state index is 0.0597. The average molecular weight is 398 g/mol. The quantitative estimate of drug-likeness (QED) is 0.710. The van der Waals surface area contributed by atoms with Gasteiger partial charge in [-0.1, -0.05) is 0 Å². The average Bonchev–Trinajstić information content (AvgIpc) is 3.15. The molecule has 1 saturated carbocycles. The molecule has 0 aromatic heterocycles. The topological polar surface area (TPSA) is 85.3 Å². The van der Waals surface area contributed by atoms with Crippen LogP contribution >= 0.6 is 11.6 Å². The Morgan fingerprint density at radius 1 is 1.22 bits per heavy atom. The number of carbonyl (C=O) groups is 2. The SMILES string of the molecule is COC1=CC(=O)C2(C([36Cl])C[C@@]34C(OC)=C(OC)C(=O)C[C@@]23CCN4C)[C@H]1O. The van der Waals surface area contributed by atoms with Crippen LogP contribution in [0.1, 0.15) is 19.3 Å². The zero-order valence-corrected chi connectivity index (χ0v) is 16.6. The fourth-order valence-corrected chi connectivity index (χ4v) is 7.08. The van der Waals surface area contributed by atoms with Crippen LogP contribution in [0.5, 0.6) is 0 Å². The molecule has 5 atom stereocenters. The molecule has 3 aliphatic carbocycles. The van der Waals surface area contributed by atoms with E-state index in [4.69, 9.17) is 25.8 Å². The Hall–Kier alpha value is -1.57. The van der Waals surface area contributed by atoms with Crippen LogP contribution < -0.4 is 0 Å². The summed E-state index contributed by atoms with van der Waals surface area (Å²) in [4.78, 5) is 28.4. The number of hydrogen-bond donors (Lipinski definition) is 1. The predicted molar refractivity (Wildman–Crippen MR) is 95.9 cm³/mol. The van der Waals surface area contributed by atoms with Crippen molar-refractivity contribution in [1.82, 2.24) is 4.90 Å². The standard InChI is InChI=1S/C19H24ClNO6/c1-21-6-5-17-8-10(22)14(26-3)16(27-4)18(17,21)9-12(20)19(17)13(23)7-11(25-2)15(19)24/h7,12,15,24H,5-6,8-9H2,1-4H3/t12?,15-,17+,18+,19?/m0/s1/i20+1. The zero-order chi connectivity index (χ0) is 19.8. The number of likely N-dealkylation sites (N-methyl/N-ethyl adjacent to an activating group) is 1. The number of aliphatic hydroxyl groups is 1. The van der Waals surface area contributed by atoms with E-state index in [1.165, 1.54) is 27.4 Å². The summed E-state index contributed by atoms with van der Waals surface area (Å²) in [5.41, 5.74) is -3.05. The second-order valence-corrected chi connectivity index (χ2v) is 8.37. The van der Waals surface area contributed by atoms with Crippen LogP contribution in [-0.2, 0) is 23.8 Å². The van der Waals surface area contributed by atoms with Crippen LogP contribution in [0.4, 0.5) is 0 Å². The van der Waals surface area contributed by atoms with Gasteiger partial charge in [0, 0.05) is 17.9 Å². The summed E-state index contributed by atoms with van der Waals surface area (Å²) in [6.45, 7) is 0.644. The number of ether oxygens (including phenoxy) is 3. The smallest absolute Gasteiger partial charge is 0.201 e. The Balaban J connectivity index is 2.04. The number of ketones is 2. The number of rotatable bonds is 3. The molecule has 2 fully saturated rings. The fourth-order valence-electron chi connectivity index (χ4n) is 6.42. The van der Waals surface area contributed by atoms with Crippen molar-refractivity contribution in [1.29, 1.82) is 0 Å². The first-order valence-electron chi connectivity index (χ1n) is 8.97. The number of halogens is 1. The zero-order valence-electron chi connectivity index (χ0n) is 15.9. The highest BCUT2D eigenvalue weighted by molar-refractivity contribution is 6.25. The number of likely N-dealkylation sites (tertiary alicyclic amines) is 1. The van der Waals surface area contributed by atoms with Crippen molar-refractivity contribution >= 4 is 23.2 Å². The Morgan fingerprint density at radius 2 is 1.93 bits per heavy atom. The molecule has 0 bridgehead atoms. The van der Waals surface area contributed by atoms with E-state index in [2.05, 4.69) is 4.90 Å². The van der Waals surface area contributed by atoms with Crippen LogP contribution in [0, 0.1) is 10.8 Å². The lowest BCUT2D eigenvalue weighted by molar-refractivity contribution is -0.148. The molecular formula is C19H24ClNO6. The molecule has 27 heavy (non-hydrogen) atoms. The predicted octanol–water partition coefficient (Wildman–Crippen LogP) is 0.996. The first-order chi connectivity index (χ1) is 12.8. The third kappa shape index (κ3) is 1.72. The number of allylic oxidation sites excluding steroid dienone is 2. The maximum Gasteiger partial charge on any atom is 0.201 e. The third-order valence-electron chi connectivity index (χ3n) is 7.40. The molecule has 1 aliphatic heterocycles. The Kier molecular flexibility index (Phi) is 3.98. The van der Waals surface area contributed by atoms with Gasteiger partial charge in [0.2, 0.25) is 11.5 Å². The highest BCUT2D eigenvalue weighted by Crippen LogP contribution is 2.74. The molecule has 7 nitrogen and oxygen atoms in total. The number of nitrogens with zero attached hydrogens (tertiary/aromatic N) is 1. The van der Waals surface area contributed by atoms with Gasteiger partial charge in [-0.3, -0.25) is 14.5 Å². The van der Waals surface area contributed by atoms with Crippen LogP contribution in [0.25, 0.3) is 0 Å². The fraction of sp³-hybridized carbons (Fsp3) is 0.684. The highest BCUT2D eigenvalue weighted by atomic mass is 36.0. The summed E-state index contributed by atoms with van der Waals surface area (Å²) in [6, 6.07) is 0. The lowest BCUT2D eigenvalue weighted by Gasteiger charge is -2.53. The maximum atomic E-state index is 13.3. The van der Waals surface area contributed by atoms with Crippen LogP contribution in [0.15, 0.2) is 23.4 Å². The number of Topliss-reactive ketones (excluding diaryl/α,β-unsaturated/α-hetero) is 1. The maximum absolute atomic E-state index is 13.3. The summed E-state index contributed by atoms with van der Waals surface area (Å²) >= 11 is 6.85. The molecule has 8 heteroatoms. The third-order valence-corrected chi connectivity index (χ3v) is 7.90. The van der Waals surface area contributed by atoms with E-state index < -0.39 is 27.8 Å². The molecule has 4 aliphatic rings. The highest BCUT2D eigenvalue weighted by Gasteiger charge is 2.83. The summed E-state index contributed by atoms with van der Waals surface area (Å²) in [7, 11) is 6.29. The number of aliphatic hydroxyl groups excluding tert-OH is 1. The lowest BCUT2D eigenvalue weighted by atomic mass is 9.52. The van der Waals surface area contributed by atoms with Gasteiger partial charge in [-0.15, -0.1) is 11.6 Å². The molecule has 2 unspecified atom stereocenters. The van der Waals surface area contributed by atoms with E-state index in [1.807, 2.05) is 7.05 Å². The molecule has 1 spiro atoms. The van der Waals surface area contributed by atoms with Gasteiger partial charge < -0.3 is 19.3 Å². The normalized spacial score (nSPS) is 43.9. The van der Waals surface area contributed by atoms with Gasteiger partial charge in [0.05, 0.1) is 37.7 Å². The minimum atomic E-state index is -1.34. The van der Waals surface area contributed by atoms with Crippen molar-refractivity contribution in [2.24, 2.45) is 10.8 Å². The molecule has 0 aromatic rings. The molecule has 0 radical (unpaired) electrons. The first-order valence-corrected chi connectivity index (χ1v) is 9.41. The van der Waals surface area contributed by atoms with E-state index in [9.17, 15) is 14.7 Å². The summed E-state index contributed by atoms with van der Waals surface area (Å²) < 4.78 is 16.4. The summed E-state index contributed by atoms with van der Waals surface area (Å²) in [6.07, 6.45) is 1.08. The van der Waals surface area contributed by atoms with Crippen LogP contribution in [-0.4, -0.2) is 73.5 Å². The van der Waals surface area contributed by atoms with Gasteiger partial charge in [0.15, 0.2) is 11.5 Å². The monoisotopic (exact) mass is 398 g/mol. The van der Waals surface area contributed by atoms with E-state index >= 15 is 0 Å². The van der Waals surface area contributed by atoms with Gasteiger partial charge in [-0.25, -0.2) is 0 Å². The van der Waals surface area contributed by atoms with Crippen molar-refractivity contribution < 1.29 is 28.9 Å². The molecular weight excluding hydrogens is 374 g/mol. The van der Waals surface area contributed by atoms with Crippen molar-refractivity contribution in [2.45, 2.75) is 36.3 Å². The molecule has 1 heterocycles. The molecule has 1 saturated heterocycles. The largest absolute Gasteiger partial charge is 0.498 e. The van der Waals surface area contributed by atoms with E-state index in [0.717, 1.165) is 0 Å². The van der Waals surface area contributed by atoms with Gasteiger partial charge in [-0.2, -0.15) is 0 Å². The van der Waals surface area contributed by atoms with E-state index in [-0.39, 0.29) is 29.5 Å². The van der Waals surface area contributed by atoms with Gasteiger partial charge in [0.25, 0.3) is 0 Å². The molecule has 148 valence electrons. The number of carbonyl (C=O) groups excluding carboxylic acids is 2. The number of hydrogen-bond acceptors (Lipinski definition) is 7. The minimum Gasteiger partial charge on any atom is -0.498 e. The number of alkyl halides is 1. The van der Waals surface area contributed by atoms with Gasteiger partial charge >= 0.3 is 0 Å². The number of methoxy groups -OCH3 is 3. The van der Waals surface area contributed by atoms with E-state index in [0.29, 0.717) is 25.1 Å².